The Bertz CT molecular complexity index is 320. The molecule has 0 amide bonds. The molecule has 1 aliphatic rings. The molecule has 1 rings (SSSR count). The molecule has 2 N–H and O–H groups in total. The summed E-state index contributed by atoms with van der Waals surface area (Å²) in [5.41, 5.74) is -0.800. The number of aliphatic carboxylic acids is 1. The number of carbonyl (C=O) groups is 1. The number of carboxylic acids is 1. The number of carboxylic acid groups (broad SMARTS) is 1. The molecule has 1 saturated heterocycles. The molecule has 1 aliphatic heterocycles. The van der Waals surface area contributed by atoms with Crippen LogP contribution in [0.4, 0.5) is 0 Å². The van der Waals surface area contributed by atoms with Crippen LogP contribution in [-0.2, 0) is 4.79 Å². The molecule has 4 heteroatoms. The Balaban J connectivity index is 2.38. The summed E-state index contributed by atoms with van der Waals surface area (Å²) >= 11 is 0. The number of nitrogens with one attached hydrogen (secondary N) is 1. The summed E-state index contributed by atoms with van der Waals surface area (Å²) < 4.78 is 0. The molecule has 2 unspecified atom stereocenters. The summed E-state index contributed by atoms with van der Waals surface area (Å²) in [4.78, 5) is 14.0. The maximum absolute atomic E-state index is 11.5. The van der Waals surface area contributed by atoms with Crippen LogP contribution < -0.4 is 5.32 Å². The van der Waals surface area contributed by atoms with Crippen LogP contribution in [0.5, 0.6) is 0 Å². The van der Waals surface area contributed by atoms with Gasteiger partial charge in [0.2, 0.25) is 0 Å². The van der Waals surface area contributed by atoms with E-state index in [0.29, 0.717) is 6.42 Å². The minimum absolute atomic E-state index is 0.189. The van der Waals surface area contributed by atoms with Crippen LogP contribution in [0.1, 0.15) is 66.2 Å². The fourth-order valence-electron chi connectivity index (χ4n) is 3.39. The van der Waals surface area contributed by atoms with E-state index in [9.17, 15) is 9.90 Å². The summed E-state index contributed by atoms with van der Waals surface area (Å²) in [6.45, 7) is 11.5. The Morgan fingerprint density at radius 2 is 2.10 bits per heavy atom. The van der Waals surface area contributed by atoms with Gasteiger partial charge < -0.3 is 10.0 Å². The van der Waals surface area contributed by atoms with Gasteiger partial charge in [-0.2, -0.15) is 0 Å². The Morgan fingerprint density at radius 3 is 2.67 bits per heavy atom. The molecular weight excluding hydrogens is 264 g/mol. The van der Waals surface area contributed by atoms with Crippen LogP contribution >= 0.6 is 0 Å². The number of rotatable bonds is 8. The molecule has 2 atom stereocenters. The first kappa shape index (κ1) is 18.4. The van der Waals surface area contributed by atoms with Crippen LogP contribution in [0, 0.1) is 5.92 Å². The molecule has 0 bridgehead atoms. The molecule has 0 aromatic heterocycles. The molecule has 0 aliphatic carbocycles. The zero-order valence-electron chi connectivity index (χ0n) is 14.3. The van der Waals surface area contributed by atoms with E-state index in [1.54, 1.807) is 0 Å². The van der Waals surface area contributed by atoms with E-state index < -0.39 is 11.5 Å². The summed E-state index contributed by atoms with van der Waals surface area (Å²) in [6, 6.07) is 0.189. The zero-order valence-corrected chi connectivity index (χ0v) is 14.3. The van der Waals surface area contributed by atoms with Gasteiger partial charge in [0.25, 0.3) is 0 Å². The highest BCUT2D eigenvalue weighted by Gasteiger charge is 2.32. The van der Waals surface area contributed by atoms with Crippen LogP contribution in [0.15, 0.2) is 0 Å². The van der Waals surface area contributed by atoms with Crippen molar-refractivity contribution in [2.24, 2.45) is 5.92 Å². The normalized spacial score (nSPS) is 23.8. The number of hydrogen-bond donors (Lipinski definition) is 2. The van der Waals surface area contributed by atoms with Gasteiger partial charge in [-0.1, -0.05) is 13.3 Å². The van der Waals surface area contributed by atoms with E-state index in [4.69, 9.17) is 0 Å². The highest BCUT2D eigenvalue weighted by atomic mass is 16.4. The fraction of sp³-hybridized carbons (Fsp3) is 0.941. The molecule has 1 heterocycles. The maximum Gasteiger partial charge on any atom is 0.323 e. The molecule has 0 radical (unpaired) electrons. The predicted octanol–water partition coefficient (Wildman–Crippen LogP) is 3.12. The Morgan fingerprint density at radius 1 is 1.38 bits per heavy atom. The molecular formula is C17H34N2O2. The quantitative estimate of drug-likeness (QED) is 0.723. The molecule has 0 spiro atoms. The molecule has 0 aromatic carbocycles. The first-order valence-corrected chi connectivity index (χ1v) is 8.61. The Hall–Kier alpha value is -0.610. The van der Waals surface area contributed by atoms with Crippen molar-refractivity contribution in [1.82, 2.24) is 10.2 Å². The highest BCUT2D eigenvalue weighted by molar-refractivity contribution is 5.78. The predicted molar refractivity (Wildman–Crippen MR) is 87.6 cm³/mol. The maximum atomic E-state index is 11.5. The average molecular weight is 298 g/mol. The van der Waals surface area contributed by atoms with Gasteiger partial charge in [-0.05, 0) is 78.4 Å². The second-order valence-corrected chi connectivity index (χ2v) is 7.09. The third-order valence-electron chi connectivity index (χ3n) is 4.75. The average Bonchev–Trinajstić information content (AvgIpc) is 2.63. The van der Waals surface area contributed by atoms with Gasteiger partial charge >= 0.3 is 5.97 Å². The monoisotopic (exact) mass is 298 g/mol. The Labute approximate surface area is 130 Å². The van der Waals surface area contributed by atoms with Gasteiger partial charge in [-0.3, -0.25) is 10.1 Å². The molecule has 0 saturated carbocycles. The van der Waals surface area contributed by atoms with Gasteiger partial charge in [0, 0.05) is 6.04 Å². The lowest BCUT2D eigenvalue weighted by atomic mass is 9.94. The highest BCUT2D eigenvalue weighted by Crippen LogP contribution is 2.21. The van der Waals surface area contributed by atoms with Crippen molar-refractivity contribution in [3.8, 4) is 0 Å². The van der Waals surface area contributed by atoms with Crippen molar-refractivity contribution >= 4 is 5.97 Å². The molecule has 0 aromatic rings. The lowest BCUT2D eigenvalue weighted by molar-refractivity contribution is -0.144. The van der Waals surface area contributed by atoms with E-state index in [2.05, 4.69) is 17.1 Å². The van der Waals surface area contributed by atoms with Crippen molar-refractivity contribution < 1.29 is 9.90 Å². The van der Waals surface area contributed by atoms with Gasteiger partial charge in [0.1, 0.15) is 5.54 Å². The van der Waals surface area contributed by atoms with Crippen molar-refractivity contribution in [1.29, 1.82) is 0 Å². The minimum atomic E-state index is -0.800. The zero-order chi connectivity index (χ0) is 15.9. The van der Waals surface area contributed by atoms with Crippen LogP contribution in [0.25, 0.3) is 0 Å². The minimum Gasteiger partial charge on any atom is -0.480 e. The topological polar surface area (TPSA) is 52.6 Å². The first-order valence-electron chi connectivity index (χ1n) is 8.61. The van der Waals surface area contributed by atoms with Crippen LogP contribution in [-0.4, -0.2) is 47.2 Å². The standard InChI is InChI=1S/C17H34N2O2/c1-5-15-8-6-11-19(13-9-15)12-7-10-17(4,16(20)21)18-14(2)3/h14-15,18H,5-13H2,1-4H3,(H,20,21). The third-order valence-corrected chi connectivity index (χ3v) is 4.75. The third kappa shape index (κ3) is 6.35. The molecule has 4 nitrogen and oxygen atoms in total. The smallest absolute Gasteiger partial charge is 0.323 e. The summed E-state index contributed by atoms with van der Waals surface area (Å²) in [5.74, 6) is 0.153. The van der Waals surface area contributed by atoms with Gasteiger partial charge in [-0.25, -0.2) is 0 Å². The summed E-state index contributed by atoms with van der Waals surface area (Å²) in [6.07, 6.45) is 6.88. The van der Waals surface area contributed by atoms with E-state index in [1.165, 1.54) is 38.8 Å². The summed E-state index contributed by atoms with van der Waals surface area (Å²) in [5, 5.41) is 12.7. The van der Waals surface area contributed by atoms with Crippen molar-refractivity contribution in [3.05, 3.63) is 0 Å². The second kappa shape index (κ2) is 8.74. The largest absolute Gasteiger partial charge is 0.480 e. The Kier molecular flexibility index (Phi) is 7.67. The lowest BCUT2D eigenvalue weighted by Gasteiger charge is -2.30. The summed E-state index contributed by atoms with van der Waals surface area (Å²) in [7, 11) is 0. The van der Waals surface area contributed by atoms with E-state index in [0.717, 1.165) is 18.9 Å². The molecule has 1 fully saturated rings. The van der Waals surface area contributed by atoms with Gasteiger partial charge in [0.15, 0.2) is 0 Å². The van der Waals surface area contributed by atoms with Crippen molar-refractivity contribution in [2.75, 3.05) is 19.6 Å². The molecule has 21 heavy (non-hydrogen) atoms. The second-order valence-electron chi connectivity index (χ2n) is 7.09. The van der Waals surface area contributed by atoms with E-state index in [-0.39, 0.29) is 6.04 Å². The first-order chi connectivity index (χ1) is 9.87. The van der Waals surface area contributed by atoms with E-state index in [1.807, 2.05) is 20.8 Å². The number of nitrogens with zero attached hydrogens (tertiary/aromatic N) is 1. The fourth-order valence-corrected chi connectivity index (χ4v) is 3.39. The molecule has 124 valence electrons. The lowest BCUT2D eigenvalue weighted by Crippen LogP contribution is -2.52. The van der Waals surface area contributed by atoms with Crippen LogP contribution in [0.3, 0.4) is 0 Å². The number of hydrogen-bond acceptors (Lipinski definition) is 3. The van der Waals surface area contributed by atoms with Gasteiger partial charge in [0.05, 0.1) is 0 Å². The number of likely N-dealkylation sites (tertiary alicyclic amines) is 1. The van der Waals surface area contributed by atoms with Crippen molar-refractivity contribution in [3.63, 3.8) is 0 Å². The van der Waals surface area contributed by atoms with Crippen molar-refractivity contribution in [2.45, 2.75) is 77.8 Å². The van der Waals surface area contributed by atoms with Gasteiger partial charge in [-0.15, -0.1) is 0 Å². The van der Waals surface area contributed by atoms with Crippen LogP contribution in [0.2, 0.25) is 0 Å². The van der Waals surface area contributed by atoms with E-state index >= 15 is 0 Å². The SMILES string of the molecule is CCC1CCCN(CCCC(C)(NC(C)C)C(=O)O)CC1.